The quantitative estimate of drug-likeness (QED) is 0.548. The number of nitrogens with one attached hydrogen (secondary N) is 3. The maximum Gasteiger partial charge on any atom is 0.287 e. The van der Waals surface area contributed by atoms with E-state index in [9.17, 15) is 18.8 Å². The Bertz CT molecular complexity index is 1110. The number of nitrogens with zero attached hydrogens (tertiary/aromatic N) is 2. The molecular formula is C23H22FN5O3. The second kappa shape index (κ2) is 9.42. The molecule has 4 rings (SSSR count). The molecule has 0 unspecified atom stereocenters. The fourth-order valence-electron chi connectivity index (χ4n) is 3.60. The number of benzene rings is 2. The summed E-state index contributed by atoms with van der Waals surface area (Å²) in [5.41, 5.74) is 6.98. The molecule has 1 fully saturated rings. The van der Waals surface area contributed by atoms with E-state index in [2.05, 4.69) is 21.0 Å². The summed E-state index contributed by atoms with van der Waals surface area (Å²) in [7, 11) is 0. The average molecular weight is 435 g/mol. The highest BCUT2D eigenvalue weighted by molar-refractivity contribution is 5.95. The number of halogens is 1. The average Bonchev–Trinajstić information content (AvgIpc) is 3.34. The second-order valence-electron chi connectivity index (χ2n) is 7.55. The number of amides is 3. The fraction of sp³-hybridized carbons (Fsp3) is 0.217. The molecule has 0 aliphatic carbocycles. The van der Waals surface area contributed by atoms with Gasteiger partial charge in [0.2, 0.25) is 5.91 Å². The predicted molar refractivity (Wildman–Crippen MR) is 115 cm³/mol. The largest absolute Gasteiger partial charge is 0.339 e. The molecule has 3 amide bonds. The molecule has 3 N–H and O–H groups in total. The molecule has 1 aliphatic heterocycles. The zero-order valence-electron chi connectivity index (χ0n) is 17.2. The minimum absolute atomic E-state index is 0.189. The van der Waals surface area contributed by atoms with E-state index in [0.29, 0.717) is 37.2 Å². The molecule has 1 aliphatic rings. The molecule has 0 spiro atoms. The van der Waals surface area contributed by atoms with Crippen LogP contribution in [0.2, 0.25) is 0 Å². The number of aromatic amines is 1. The molecule has 3 aromatic rings. The van der Waals surface area contributed by atoms with Crippen LogP contribution in [0.15, 0.2) is 60.7 Å². The van der Waals surface area contributed by atoms with Crippen molar-refractivity contribution < 1.29 is 18.8 Å². The molecule has 0 atom stereocenters. The summed E-state index contributed by atoms with van der Waals surface area (Å²) in [6.07, 6.45) is 0.938. The molecule has 0 saturated carbocycles. The van der Waals surface area contributed by atoms with E-state index < -0.39 is 11.7 Å². The molecule has 2 heterocycles. The Morgan fingerprint density at radius 1 is 0.969 bits per heavy atom. The number of hydrogen-bond donors (Lipinski definition) is 3. The van der Waals surface area contributed by atoms with Crippen LogP contribution in [0.4, 0.5) is 4.39 Å². The van der Waals surface area contributed by atoms with Crippen molar-refractivity contribution in [3.8, 4) is 11.3 Å². The van der Waals surface area contributed by atoms with Gasteiger partial charge in [-0.05, 0) is 43.2 Å². The van der Waals surface area contributed by atoms with Gasteiger partial charge in [0, 0.05) is 30.1 Å². The van der Waals surface area contributed by atoms with Crippen LogP contribution in [0.1, 0.15) is 33.7 Å². The molecule has 1 aromatic heterocycles. The normalized spacial score (nSPS) is 14.1. The highest BCUT2D eigenvalue weighted by atomic mass is 19.1. The Labute approximate surface area is 183 Å². The molecule has 164 valence electrons. The van der Waals surface area contributed by atoms with Gasteiger partial charge in [0.15, 0.2) is 0 Å². The van der Waals surface area contributed by atoms with Gasteiger partial charge < -0.3 is 4.90 Å². The first kappa shape index (κ1) is 21.2. The molecule has 8 nitrogen and oxygen atoms in total. The molecule has 2 aromatic carbocycles. The van der Waals surface area contributed by atoms with Gasteiger partial charge in [-0.1, -0.05) is 30.3 Å². The van der Waals surface area contributed by atoms with Gasteiger partial charge >= 0.3 is 0 Å². The summed E-state index contributed by atoms with van der Waals surface area (Å²) in [6.45, 7) is 0.812. The van der Waals surface area contributed by atoms with Crippen molar-refractivity contribution in [2.45, 2.75) is 12.8 Å². The van der Waals surface area contributed by atoms with Crippen LogP contribution in [0.25, 0.3) is 11.3 Å². The lowest BCUT2D eigenvalue weighted by molar-refractivity contribution is -0.127. The monoisotopic (exact) mass is 435 g/mol. The number of H-pyrrole nitrogens is 1. The Morgan fingerprint density at radius 2 is 1.66 bits per heavy atom. The third-order valence-corrected chi connectivity index (χ3v) is 5.44. The highest BCUT2D eigenvalue weighted by Gasteiger charge is 2.28. The number of hydrazine groups is 1. The number of hydrogen-bond acceptors (Lipinski definition) is 4. The van der Waals surface area contributed by atoms with E-state index in [-0.39, 0.29) is 23.4 Å². The molecule has 0 bridgehead atoms. The number of likely N-dealkylation sites (tertiary alicyclic amines) is 1. The lowest BCUT2D eigenvalue weighted by Gasteiger charge is -2.31. The third kappa shape index (κ3) is 4.83. The van der Waals surface area contributed by atoms with Crippen molar-refractivity contribution >= 4 is 17.7 Å². The van der Waals surface area contributed by atoms with Crippen LogP contribution in [-0.2, 0) is 4.79 Å². The smallest absolute Gasteiger partial charge is 0.287 e. The Hall–Kier alpha value is -4.01. The van der Waals surface area contributed by atoms with Crippen LogP contribution in [0.3, 0.4) is 0 Å². The standard InChI is InChI=1S/C23H22FN5O3/c24-18-8-6-17(7-9-18)23(32)29-12-10-16(11-13-29)21(30)27-28-22(31)20-14-19(25-26-20)15-4-2-1-3-5-15/h1-9,14,16H,10-13H2,(H,25,26)(H,27,30)(H,28,31). The molecule has 9 heteroatoms. The summed E-state index contributed by atoms with van der Waals surface area (Å²) in [5.74, 6) is -1.72. The molecule has 0 radical (unpaired) electrons. The van der Waals surface area contributed by atoms with Gasteiger partial charge in [-0.2, -0.15) is 5.10 Å². The first-order chi connectivity index (χ1) is 15.5. The maximum absolute atomic E-state index is 13.0. The lowest BCUT2D eigenvalue weighted by Crippen LogP contribution is -2.48. The van der Waals surface area contributed by atoms with Gasteiger partial charge in [-0.15, -0.1) is 0 Å². The van der Waals surface area contributed by atoms with Crippen LogP contribution >= 0.6 is 0 Å². The summed E-state index contributed by atoms with van der Waals surface area (Å²) < 4.78 is 13.0. The van der Waals surface area contributed by atoms with Gasteiger partial charge in [0.25, 0.3) is 11.8 Å². The third-order valence-electron chi connectivity index (χ3n) is 5.44. The van der Waals surface area contributed by atoms with Gasteiger partial charge in [0.1, 0.15) is 11.5 Å². The number of carbonyl (C=O) groups excluding carboxylic acids is 3. The van der Waals surface area contributed by atoms with Gasteiger partial charge in [-0.25, -0.2) is 4.39 Å². The van der Waals surface area contributed by atoms with Crippen molar-refractivity contribution in [2.24, 2.45) is 5.92 Å². The fourth-order valence-corrected chi connectivity index (χ4v) is 3.60. The minimum Gasteiger partial charge on any atom is -0.339 e. The zero-order valence-corrected chi connectivity index (χ0v) is 17.2. The lowest BCUT2D eigenvalue weighted by atomic mass is 9.95. The molecule has 1 saturated heterocycles. The summed E-state index contributed by atoms with van der Waals surface area (Å²) in [4.78, 5) is 38.9. The Kier molecular flexibility index (Phi) is 6.25. The zero-order chi connectivity index (χ0) is 22.5. The predicted octanol–water partition coefficient (Wildman–Crippen LogP) is 2.53. The first-order valence-electron chi connectivity index (χ1n) is 10.3. The summed E-state index contributed by atoms with van der Waals surface area (Å²) >= 11 is 0. The van der Waals surface area contributed by atoms with Crippen LogP contribution < -0.4 is 10.9 Å². The topological polar surface area (TPSA) is 107 Å². The Balaban J connectivity index is 1.25. The summed E-state index contributed by atoms with van der Waals surface area (Å²) in [5, 5.41) is 6.79. The van der Waals surface area contributed by atoms with Crippen molar-refractivity contribution in [3.05, 3.63) is 77.7 Å². The number of rotatable bonds is 4. The number of piperidine rings is 1. The van der Waals surface area contributed by atoms with E-state index >= 15 is 0 Å². The summed E-state index contributed by atoms with van der Waals surface area (Å²) in [6, 6.07) is 16.4. The van der Waals surface area contributed by atoms with Crippen molar-refractivity contribution in [3.63, 3.8) is 0 Å². The van der Waals surface area contributed by atoms with E-state index in [1.54, 1.807) is 11.0 Å². The van der Waals surface area contributed by atoms with Crippen molar-refractivity contribution in [2.75, 3.05) is 13.1 Å². The van der Waals surface area contributed by atoms with E-state index in [1.807, 2.05) is 30.3 Å². The van der Waals surface area contributed by atoms with Crippen molar-refractivity contribution in [1.82, 2.24) is 25.9 Å². The number of aromatic nitrogens is 2. The highest BCUT2D eigenvalue weighted by Crippen LogP contribution is 2.20. The van der Waals surface area contributed by atoms with Gasteiger partial charge in [-0.3, -0.25) is 30.3 Å². The van der Waals surface area contributed by atoms with E-state index in [0.717, 1.165) is 5.56 Å². The SMILES string of the molecule is O=C(NNC(=O)C1CCN(C(=O)c2ccc(F)cc2)CC1)c1cc(-c2ccccc2)n[nH]1. The first-order valence-corrected chi connectivity index (χ1v) is 10.3. The molecular weight excluding hydrogens is 413 g/mol. The van der Waals surface area contributed by atoms with E-state index in [1.165, 1.54) is 24.3 Å². The van der Waals surface area contributed by atoms with Crippen LogP contribution in [0.5, 0.6) is 0 Å². The maximum atomic E-state index is 13.0. The minimum atomic E-state index is -0.503. The Morgan fingerprint density at radius 3 is 2.34 bits per heavy atom. The van der Waals surface area contributed by atoms with Crippen LogP contribution in [0, 0.1) is 11.7 Å². The van der Waals surface area contributed by atoms with Gasteiger partial charge in [0.05, 0.1) is 5.69 Å². The van der Waals surface area contributed by atoms with Crippen LogP contribution in [-0.4, -0.2) is 45.9 Å². The number of carbonyl (C=O) groups is 3. The molecule has 32 heavy (non-hydrogen) atoms. The van der Waals surface area contributed by atoms with Crippen molar-refractivity contribution in [1.29, 1.82) is 0 Å². The van der Waals surface area contributed by atoms with E-state index in [4.69, 9.17) is 0 Å². The second-order valence-corrected chi connectivity index (χ2v) is 7.55.